The van der Waals surface area contributed by atoms with Crippen molar-refractivity contribution in [3.63, 3.8) is 0 Å². The van der Waals surface area contributed by atoms with Crippen molar-refractivity contribution in [3.8, 4) is 11.5 Å². The van der Waals surface area contributed by atoms with Gasteiger partial charge in [0.05, 0.1) is 26.2 Å². The first kappa shape index (κ1) is 30.4. The zero-order valence-corrected chi connectivity index (χ0v) is 23.8. The fourth-order valence-corrected chi connectivity index (χ4v) is 5.09. The summed E-state index contributed by atoms with van der Waals surface area (Å²) >= 11 is 0. The van der Waals surface area contributed by atoms with Crippen molar-refractivity contribution in [1.82, 2.24) is 10.2 Å². The number of methoxy groups -OCH3 is 2. The fraction of sp³-hybridized carbons (Fsp3) is 0.310. The van der Waals surface area contributed by atoms with Crippen LogP contribution in [0.2, 0.25) is 0 Å². The van der Waals surface area contributed by atoms with Crippen molar-refractivity contribution in [2.24, 2.45) is 0 Å². The lowest BCUT2D eigenvalue weighted by Gasteiger charge is -2.33. The van der Waals surface area contributed by atoms with Crippen molar-refractivity contribution >= 4 is 27.5 Å². The number of rotatable bonds is 13. The number of carbonyl (C=O) groups is 2. The maximum Gasteiger partial charge on any atom is 0.244 e. The number of carbonyl (C=O) groups excluding carboxylic acids is 2. The van der Waals surface area contributed by atoms with E-state index in [4.69, 9.17) is 9.47 Å². The quantitative estimate of drug-likeness (QED) is 0.337. The van der Waals surface area contributed by atoms with Gasteiger partial charge in [-0.05, 0) is 30.7 Å². The summed E-state index contributed by atoms with van der Waals surface area (Å²) in [7, 11) is -1.22. The minimum absolute atomic E-state index is 0.0844. The molecule has 1 atom stereocenters. The maximum absolute atomic E-state index is 14.8. The Morgan fingerprint density at radius 2 is 1.65 bits per heavy atom. The molecule has 2 amide bonds. The summed E-state index contributed by atoms with van der Waals surface area (Å²) in [5.41, 5.74) is 1.05. The number of benzene rings is 3. The first-order valence-corrected chi connectivity index (χ1v) is 14.5. The molecule has 0 aliphatic carbocycles. The fourth-order valence-electron chi connectivity index (χ4n) is 4.24. The van der Waals surface area contributed by atoms with Gasteiger partial charge in [0.15, 0.2) is 0 Å². The summed E-state index contributed by atoms with van der Waals surface area (Å²) in [5.74, 6) is -1.15. The highest BCUT2D eigenvalue weighted by atomic mass is 32.2. The lowest BCUT2D eigenvalue weighted by molar-refractivity contribution is -0.140. The third kappa shape index (κ3) is 7.72. The number of sulfonamides is 1. The van der Waals surface area contributed by atoms with Crippen LogP contribution in [0.15, 0.2) is 72.8 Å². The van der Waals surface area contributed by atoms with Crippen LogP contribution in [-0.2, 0) is 32.6 Å². The van der Waals surface area contributed by atoms with Gasteiger partial charge in [-0.1, -0.05) is 48.5 Å². The minimum Gasteiger partial charge on any atom is -0.497 e. The molecule has 40 heavy (non-hydrogen) atoms. The van der Waals surface area contributed by atoms with Crippen molar-refractivity contribution in [1.29, 1.82) is 0 Å². The Morgan fingerprint density at radius 3 is 2.25 bits per heavy atom. The van der Waals surface area contributed by atoms with Crippen LogP contribution in [0.3, 0.4) is 0 Å². The Kier molecular flexibility index (Phi) is 10.5. The second-order valence-electron chi connectivity index (χ2n) is 9.02. The van der Waals surface area contributed by atoms with Crippen LogP contribution in [-0.4, -0.2) is 64.7 Å². The van der Waals surface area contributed by atoms with E-state index in [1.165, 1.54) is 49.5 Å². The van der Waals surface area contributed by atoms with Crippen LogP contribution in [0.5, 0.6) is 11.5 Å². The molecule has 11 heteroatoms. The number of hydrogen-bond donors (Lipinski definition) is 1. The van der Waals surface area contributed by atoms with E-state index < -0.39 is 40.2 Å². The van der Waals surface area contributed by atoms with E-state index in [1.807, 2.05) is 30.3 Å². The molecule has 0 heterocycles. The summed E-state index contributed by atoms with van der Waals surface area (Å²) in [5, 5.41) is 2.76. The number of ether oxygens (including phenoxy) is 2. The third-order valence-electron chi connectivity index (χ3n) is 6.25. The molecule has 0 aromatic heterocycles. The molecule has 3 aromatic rings. The van der Waals surface area contributed by atoms with Gasteiger partial charge in [-0.3, -0.25) is 13.9 Å². The molecule has 0 saturated carbocycles. The van der Waals surface area contributed by atoms with Gasteiger partial charge < -0.3 is 19.7 Å². The molecule has 0 aliphatic heterocycles. The highest BCUT2D eigenvalue weighted by molar-refractivity contribution is 7.92. The summed E-state index contributed by atoms with van der Waals surface area (Å²) in [6.45, 7) is 1.14. The molecule has 0 saturated heterocycles. The second-order valence-corrected chi connectivity index (χ2v) is 10.9. The van der Waals surface area contributed by atoms with E-state index in [0.717, 1.165) is 16.1 Å². The number of nitrogens with one attached hydrogen (secondary N) is 1. The Labute approximate surface area is 234 Å². The van der Waals surface area contributed by atoms with E-state index in [1.54, 1.807) is 19.1 Å². The molecule has 0 spiro atoms. The molecule has 0 fully saturated rings. The van der Waals surface area contributed by atoms with Crippen LogP contribution in [0.1, 0.15) is 18.1 Å². The topological polar surface area (TPSA) is 105 Å². The Balaban J connectivity index is 2.10. The number of anilines is 1. The van der Waals surface area contributed by atoms with Gasteiger partial charge in [-0.15, -0.1) is 0 Å². The molecule has 0 aliphatic rings. The highest BCUT2D eigenvalue weighted by Crippen LogP contribution is 2.34. The third-order valence-corrected chi connectivity index (χ3v) is 7.38. The molecular weight excluding hydrogens is 537 g/mol. The smallest absolute Gasteiger partial charge is 0.244 e. The zero-order valence-electron chi connectivity index (χ0n) is 23.0. The predicted octanol–water partition coefficient (Wildman–Crippen LogP) is 3.39. The number of likely N-dealkylation sites (N-methyl/N-ethyl adjacent to an activating group) is 1. The molecule has 9 nitrogen and oxygen atoms in total. The minimum atomic E-state index is -4.02. The number of halogens is 1. The number of amides is 2. The average Bonchev–Trinajstić information content (AvgIpc) is 2.94. The van der Waals surface area contributed by atoms with Crippen LogP contribution < -0.4 is 19.1 Å². The van der Waals surface area contributed by atoms with Crippen LogP contribution in [0, 0.1) is 5.82 Å². The van der Waals surface area contributed by atoms with E-state index in [-0.39, 0.29) is 30.0 Å². The maximum atomic E-state index is 14.8. The molecule has 3 aromatic carbocycles. The van der Waals surface area contributed by atoms with Crippen molar-refractivity contribution < 1.29 is 31.9 Å². The SMILES string of the molecule is CCNC(=O)[C@@H](Cc1ccccc1)N(Cc1ccccc1F)C(=O)CN(c1cc(OC)ccc1OC)S(C)(=O)=O. The van der Waals surface area contributed by atoms with Gasteiger partial charge >= 0.3 is 0 Å². The molecule has 214 valence electrons. The van der Waals surface area contributed by atoms with Gasteiger partial charge in [0, 0.05) is 31.1 Å². The van der Waals surface area contributed by atoms with Crippen LogP contribution in [0.4, 0.5) is 10.1 Å². The lowest BCUT2D eigenvalue weighted by atomic mass is 10.0. The molecule has 3 rings (SSSR count). The van der Waals surface area contributed by atoms with E-state index in [2.05, 4.69) is 5.32 Å². The van der Waals surface area contributed by atoms with Crippen molar-refractivity contribution in [3.05, 3.63) is 89.7 Å². The standard InChI is InChI=1S/C29H34FN3O6S/c1-5-31-29(35)26(17-21-11-7-6-8-12-21)32(19-22-13-9-10-14-24(22)30)28(34)20-33(40(4,36)37)25-18-23(38-2)15-16-27(25)39-3/h6-16,18,26H,5,17,19-20H2,1-4H3,(H,31,35)/t26-/m1/s1. The molecule has 0 radical (unpaired) electrons. The second kappa shape index (κ2) is 13.8. The van der Waals surface area contributed by atoms with Gasteiger partial charge in [-0.2, -0.15) is 0 Å². The average molecular weight is 572 g/mol. The van der Waals surface area contributed by atoms with Gasteiger partial charge in [0.1, 0.15) is 29.9 Å². The normalized spacial score (nSPS) is 11.8. The molecular formula is C29H34FN3O6S. The Morgan fingerprint density at radius 1 is 0.975 bits per heavy atom. The number of nitrogens with zero attached hydrogens (tertiary/aromatic N) is 2. The summed E-state index contributed by atoms with van der Waals surface area (Å²) < 4.78 is 52.3. The van der Waals surface area contributed by atoms with E-state index in [0.29, 0.717) is 12.3 Å². The summed E-state index contributed by atoms with van der Waals surface area (Å²) in [6.07, 6.45) is 1.10. The molecule has 1 N–H and O–H groups in total. The first-order chi connectivity index (χ1) is 19.1. The zero-order chi connectivity index (χ0) is 29.3. The highest BCUT2D eigenvalue weighted by Gasteiger charge is 2.34. The lowest BCUT2D eigenvalue weighted by Crippen LogP contribution is -2.53. The van der Waals surface area contributed by atoms with Crippen LogP contribution >= 0.6 is 0 Å². The molecule has 0 unspecified atom stereocenters. The summed E-state index contributed by atoms with van der Waals surface area (Å²) in [6, 6.07) is 18.6. The van der Waals surface area contributed by atoms with Gasteiger partial charge in [0.2, 0.25) is 21.8 Å². The predicted molar refractivity (Wildman–Crippen MR) is 151 cm³/mol. The first-order valence-electron chi connectivity index (χ1n) is 12.6. The van der Waals surface area contributed by atoms with Gasteiger partial charge in [0.25, 0.3) is 0 Å². The Bertz CT molecular complexity index is 1420. The van der Waals surface area contributed by atoms with Crippen molar-refractivity contribution in [2.75, 3.05) is 37.9 Å². The monoisotopic (exact) mass is 571 g/mol. The van der Waals surface area contributed by atoms with Crippen LogP contribution in [0.25, 0.3) is 0 Å². The molecule has 0 bridgehead atoms. The van der Waals surface area contributed by atoms with Gasteiger partial charge in [-0.25, -0.2) is 12.8 Å². The van der Waals surface area contributed by atoms with Crippen molar-refractivity contribution in [2.45, 2.75) is 25.9 Å². The van der Waals surface area contributed by atoms with E-state index in [9.17, 15) is 22.4 Å². The largest absolute Gasteiger partial charge is 0.497 e. The Hall–Kier alpha value is -4.12. The van der Waals surface area contributed by atoms with E-state index >= 15 is 0 Å². The number of hydrogen-bond acceptors (Lipinski definition) is 6. The summed E-state index contributed by atoms with van der Waals surface area (Å²) in [4.78, 5) is 28.6.